The standard InChI is InChI=1S/C20H21ClN2O3/c21-16-5-4-8-18(13-16)26-14-19(24)23-11-9-15(10-12-23)20(25)22-17-6-2-1-3-7-17/h1-8,13,15H,9-12,14H2,(H,22,25). The van der Waals surface area contributed by atoms with Gasteiger partial charge in [0.05, 0.1) is 0 Å². The van der Waals surface area contributed by atoms with E-state index >= 15 is 0 Å². The second-order valence-electron chi connectivity index (χ2n) is 6.26. The van der Waals surface area contributed by atoms with Crippen molar-refractivity contribution in [3.05, 3.63) is 59.6 Å². The zero-order valence-corrected chi connectivity index (χ0v) is 15.1. The molecule has 0 aliphatic carbocycles. The molecule has 1 aliphatic heterocycles. The molecule has 0 atom stereocenters. The minimum atomic E-state index is -0.0770. The molecule has 2 amide bonds. The Morgan fingerprint density at radius 2 is 1.81 bits per heavy atom. The first-order valence-corrected chi connectivity index (χ1v) is 9.01. The summed E-state index contributed by atoms with van der Waals surface area (Å²) < 4.78 is 5.50. The first kappa shape index (κ1) is 18.3. The molecule has 0 unspecified atom stereocenters. The topological polar surface area (TPSA) is 58.6 Å². The number of likely N-dealkylation sites (tertiary alicyclic amines) is 1. The third-order valence-electron chi connectivity index (χ3n) is 4.42. The van der Waals surface area contributed by atoms with Crippen molar-refractivity contribution in [2.45, 2.75) is 12.8 Å². The number of anilines is 1. The van der Waals surface area contributed by atoms with Crippen LogP contribution in [0.2, 0.25) is 5.02 Å². The number of benzene rings is 2. The quantitative estimate of drug-likeness (QED) is 0.872. The fourth-order valence-electron chi connectivity index (χ4n) is 2.95. The number of carbonyl (C=O) groups excluding carboxylic acids is 2. The van der Waals surface area contributed by atoms with Crippen LogP contribution in [0.15, 0.2) is 54.6 Å². The number of halogens is 1. The van der Waals surface area contributed by atoms with Crippen LogP contribution in [0.1, 0.15) is 12.8 Å². The van der Waals surface area contributed by atoms with Crippen LogP contribution in [0.25, 0.3) is 0 Å². The monoisotopic (exact) mass is 372 g/mol. The molecule has 0 bridgehead atoms. The minimum Gasteiger partial charge on any atom is -0.484 e. The highest BCUT2D eigenvalue weighted by atomic mass is 35.5. The Kier molecular flexibility index (Phi) is 6.12. The summed E-state index contributed by atoms with van der Waals surface area (Å²) >= 11 is 5.90. The SMILES string of the molecule is O=C(Nc1ccccc1)C1CCN(C(=O)COc2cccc(Cl)c2)CC1. The Balaban J connectivity index is 1.44. The zero-order valence-electron chi connectivity index (χ0n) is 14.4. The van der Waals surface area contributed by atoms with Crippen LogP contribution < -0.4 is 10.1 Å². The van der Waals surface area contributed by atoms with Gasteiger partial charge in [-0.1, -0.05) is 35.9 Å². The number of amides is 2. The van der Waals surface area contributed by atoms with Gasteiger partial charge in [-0.2, -0.15) is 0 Å². The van der Waals surface area contributed by atoms with Crippen LogP contribution in [0, 0.1) is 5.92 Å². The van der Waals surface area contributed by atoms with Gasteiger partial charge in [0.25, 0.3) is 5.91 Å². The third kappa shape index (κ3) is 4.99. The molecule has 1 fully saturated rings. The first-order chi connectivity index (χ1) is 12.6. The number of rotatable bonds is 5. The molecule has 0 spiro atoms. The number of para-hydroxylation sites is 1. The van der Waals surface area contributed by atoms with Crippen molar-refractivity contribution < 1.29 is 14.3 Å². The number of carbonyl (C=O) groups is 2. The van der Waals surface area contributed by atoms with E-state index in [1.807, 2.05) is 30.3 Å². The summed E-state index contributed by atoms with van der Waals surface area (Å²) in [6, 6.07) is 16.4. The van der Waals surface area contributed by atoms with E-state index in [9.17, 15) is 9.59 Å². The van der Waals surface area contributed by atoms with Gasteiger partial charge >= 0.3 is 0 Å². The van der Waals surface area contributed by atoms with Crippen molar-refractivity contribution in [2.75, 3.05) is 25.0 Å². The van der Waals surface area contributed by atoms with Crippen molar-refractivity contribution in [1.82, 2.24) is 4.90 Å². The van der Waals surface area contributed by atoms with Crippen LogP contribution >= 0.6 is 11.6 Å². The van der Waals surface area contributed by atoms with E-state index in [2.05, 4.69) is 5.32 Å². The van der Waals surface area contributed by atoms with Gasteiger partial charge in [0.15, 0.2) is 6.61 Å². The molecule has 2 aromatic rings. The maximum atomic E-state index is 12.3. The van der Waals surface area contributed by atoms with Crippen LogP contribution in [-0.4, -0.2) is 36.4 Å². The second-order valence-corrected chi connectivity index (χ2v) is 6.69. The Morgan fingerprint density at radius 3 is 2.50 bits per heavy atom. The van der Waals surface area contributed by atoms with Crippen LogP contribution in [0.4, 0.5) is 5.69 Å². The molecule has 136 valence electrons. The van der Waals surface area contributed by atoms with Gasteiger partial charge in [0.2, 0.25) is 5.91 Å². The molecule has 0 aromatic heterocycles. The lowest BCUT2D eigenvalue weighted by Gasteiger charge is -2.31. The molecule has 5 nitrogen and oxygen atoms in total. The summed E-state index contributed by atoms with van der Waals surface area (Å²) in [5.41, 5.74) is 0.797. The smallest absolute Gasteiger partial charge is 0.260 e. The Bertz CT molecular complexity index is 759. The summed E-state index contributed by atoms with van der Waals surface area (Å²) in [6.07, 6.45) is 1.31. The molecule has 0 radical (unpaired) electrons. The number of hydrogen-bond acceptors (Lipinski definition) is 3. The average molecular weight is 373 g/mol. The van der Waals surface area contributed by atoms with E-state index < -0.39 is 0 Å². The molecular formula is C20H21ClN2O3. The first-order valence-electron chi connectivity index (χ1n) is 8.64. The molecule has 0 saturated carbocycles. The van der Waals surface area contributed by atoms with Gasteiger partial charge in [0.1, 0.15) is 5.75 Å². The van der Waals surface area contributed by atoms with E-state index in [0.717, 1.165) is 5.69 Å². The van der Waals surface area contributed by atoms with Crippen molar-refractivity contribution in [3.8, 4) is 5.75 Å². The van der Waals surface area contributed by atoms with Crippen molar-refractivity contribution >= 4 is 29.1 Å². The fourth-order valence-corrected chi connectivity index (χ4v) is 3.13. The molecule has 1 aliphatic rings. The summed E-state index contributed by atoms with van der Waals surface area (Å²) in [5.74, 6) is 0.432. The lowest BCUT2D eigenvalue weighted by Crippen LogP contribution is -2.43. The predicted molar refractivity (Wildman–Crippen MR) is 101 cm³/mol. The van der Waals surface area contributed by atoms with Crippen LogP contribution in [-0.2, 0) is 9.59 Å². The number of piperidine rings is 1. The minimum absolute atomic E-state index is 0.0125. The number of nitrogens with one attached hydrogen (secondary N) is 1. The molecule has 26 heavy (non-hydrogen) atoms. The third-order valence-corrected chi connectivity index (χ3v) is 4.65. The van der Waals surface area contributed by atoms with E-state index in [1.54, 1.807) is 29.2 Å². The van der Waals surface area contributed by atoms with Gasteiger partial charge in [-0.15, -0.1) is 0 Å². The van der Waals surface area contributed by atoms with E-state index in [1.165, 1.54) is 0 Å². The van der Waals surface area contributed by atoms with Crippen molar-refractivity contribution in [1.29, 1.82) is 0 Å². The fraction of sp³-hybridized carbons (Fsp3) is 0.300. The highest BCUT2D eigenvalue weighted by Crippen LogP contribution is 2.21. The lowest BCUT2D eigenvalue weighted by atomic mass is 9.95. The molecule has 2 aromatic carbocycles. The van der Waals surface area contributed by atoms with Gasteiger partial charge in [-0.05, 0) is 43.2 Å². The maximum Gasteiger partial charge on any atom is 0.260 e. The zero-order chi connectivity index (χ0) is 18.4. The van der Waals surface area contributed by atoms with E-state index in [0.29, 0.717) is 36.7 Å². The number of hydrogen-bond donors (Lipinski definition) is 1. The molecule has 1 N–H and O–H groups in total. The van der Waals surface area contributed by atoms with Gasteiger partial charge in [0, 0.05) is 29.7 Å². The predicted octanol–water partition coefficient (Wildman–Crippen LogP) is 3.60. The maximum absolute atomic E-state index is 12.3. The van der Waals surface area contributed by atoms with Gasteiger partial charge < -0.3 is 15.0 Å². The van der Waals surface area contributed by atoms with Crippen LogP contribution in [0.3, 0.4) is 0 Å². The average Bonchev–Trinajstić information content (AvgIpc) is 2.67. The Hall–Kier alpha value is -2.53. The summed E-state index contributed by atoms with van der Waals surface area (Å²) in [6.45, 7) is 1.09. The highest BCUT2D eigenvalue weighted by molar-refractivity contribution is 6.30. The Morgan fingerprint density at radius 1 is 1.08 bits per heavy atom. The largest absolute Gasteiger partial charge is 0.484 e. The molecule has 1 heterocycles. The number of nitrogens with zero attached hydrogens (tertiary/aromatic N) is 1. The molecule has 3 rings (SSSR count). The van der Waals surface area contributed by atoms with E-state index in [4.69, 9.17) is 16.3 Å². The normalized spacial score (nSPS) is 14.7. The molecular weight excluding hydrogens is 352 g/mol. The highest BCUT2D eigenvalue weighted by Gasteiger charge is 2.27. The summed E-state index contributed by atoms with van der Waals surface area (Å²) in [5, 5.41) is 3.50. The summed E-state index contributed by atoms with van der Waals surface area (Å²) in [7, 11) is 0. The molecule has 6 heteroatoms. The van der Waals surface area contributed by atoms with Crippen molar-refractivity contribution in [2.24, 2.45) is 5.92 Å². The van der Waals surface area contributed by atoms with Crippen molar-refractivity contribution in [3.63, 3.8) is 0 Å². The summed E-state index contributed by atoms with van der Waals surface area (Å²) in [4.78, 5) is 26.4. The number of ether oxygens (including phenoxy) is 1. The Labute approximate surface area is 157 Å². The van der Waals surface area contributed by atoms with Gasteiger partial charge in [-0.3, -0.25) is 9.59 Å². The van der Waals surface area contributed by atoms with Crippen LogP contribution in [0.5, 0.6) is 5.75 Å². The van der Waals surface area contributed by atoms with E-state index in [-0.39, 0.29) is 24.3 Å². The molecule has 1 saturated heterocycles. The van der Waals surface area contributed by atoms with Gasteiger partial charge in [-0.25, -0.2) is 0 Å². The lowest BCUT2D eigenvalue weighted by molar-refractivity contribution is -0.136. The second kappa shape index (κ2) is 8.72.